The molecule has 0 unspecified atom stereocenters. The van der Waals surface area contributed by atoms with Crippen LogP contribution in [-0.4, -0.2) is 43.6 Å². The third-order valence-electron chi connectivity index (χ3n) is 3.37. The second kappa shape index (κ2) is 5.46. The zero-order valence-electron chi connectivity index (χ0n) is 11.1. The van der Waals surface area contributed by atoms with E-state index in [0.717, 1.165) is 11.1 Å². The molecule has 1 aromatic carbocycles. The molecule has 0 saturated carbocycles. The van der Waals surface area contributed by atoms with Crippen molar-refractivity contribution in [2.24, 2.45) is 7.05 Å². The maximum Gasteiger partial charge on any atom is 0.175 e. The van der Waals surface area contributed by atoms with Gasteiger partial charge in [-0.1, -0.05) is 24.3 Å². The van der Waals surface area contributed by atoms with Gasteiger partial charge in [0.15, 0.2) is 5.82 Å². The average molecular weight is 262 g/mol. The van der Waals surface area contributed by atoms with Gasteiger partial charge >= 0.3 is 0 Å². The maximum atomic E-state index is 9.78. The second-order valence-corrected chi connectivity index (χ2v) is 4.78. The molecule has 19 heavy (non-hydrogen) atoms. The second-order valence-electron chi connectivity index (χ2n) is 4.78. The van der Waals surface area contributed by atoms with E-state index in [9.17, 15) is 10.2 Å². The van der Waals surface area contributed by atoms with E-state index >= 15 is 0 Å². The largest absolute Gasteiger partial charge is 0.395 e. The van der Waals surface area contributed by atoms with Crippen LogP contribution in [0.1, 0.15) is 17.0 Å². The molecule has 2 aromatic rings. The Bertz CT molecular complexity index is 549. The van der Waals surface area contributed by atoms with Gasteiger partial charge in [-0.2, -0.15) is 4.80 Å². The summed E-state index contributed by atoms with van der Waals surface area (Å²) < 4.78 is 0. The highest BCUT2D eigenvalue weighted by molar-refractivity contribution is 5.34. The third-order valence-corrected chi connectivity index (χ3v) is 3.37. The van der Waals surface area contributed by atoms with Crippen molar-refractivity contribution in [3.05, 3.63) is 41.2 Å². The van der Waals surface area contributed by atoms with Gasteiger partial charge in [0, 0.05) is 11.8 Å². The minimum atomic E-state index is -0.783. The van der Waals surface area contributed by atoms with Crippen LogP contribution < -0.4 is 0 Å². The van der Waals surface area contributed by atoms with Gasteiger partial charge in [0.2, 0.25) is 0 Å². The van der Waals surface area contributed by atoms with Gasteiger partial charge in [-0.15, -0.1) is 10.2 Å². The van der Waals surface area contributed by atoms with Gasteiger partial charge in [-0.25, -0.2) is 0 Å². The van der Waals surface area contributed by atoms with Crippen LogP contribution in [0.2, 0.25) is 0 Å². The van der Waals surface area contributed by atoms with E-state index in [0.29, 0.717) is 12.2 Å². The number of aliphatic hydroxyl groups is 2. The van der Waals surface area contributed by atoms with E-state index in [2.05, 4.69) is 15.4 Å². The van der Waals surface area contributed by atoms with Crippen LogP contribution in [0.4, 0.5) is 0 Å². The van der Waals surface area contributed by atoms with Crippen molar-refractivity contribution in [1.82, 2.24) is 20.2 Å². The van der Waals surface area contributed by atoms with Crippen LogP contribution in [0.25, 0.3) is 0 Å². The minimum absolute atomic E-state index is 0.174. The molecule has 0 aliphatic carbocycles. The number of aromatic nitrogens is 4. The summed E-state index contributed by atoms with van der Waals surface area (Å²) in [5.41, 5.74) is 1.15. The summed E-state index contributed by atoms with van der Waals surface area (Å²) in [6, 6.07) is 7.70. The summed E-state index contributed by atoms with van der Waals surface area (Å²) in [4.78, 5) is 1.37. The van der Waals surface area contributed by atoms with Crippen LogP contribution >= 0.6 is 0 Å². The molecular weight excluding hydrogens is 244 g/mol. The molecular formula is C13H18N4O2. The van der Waals surface area contributed by atoms with Gasteiger partial charge in [0.05, 0.1) is 20.3 Å². The Kier molecular flexibility index (Phi) is 3.92. The lowest BCUT2D eigenvalue weighted by atomic mass is 9.77. The molecule has 0 atom stereocenters. The Balaban J connectivity index is 2.40. The molecule has 1 aromatic heterocycles. The Hall–Kier alpha value is -1.79. The molecule has 6 nitrogen and oxygen atoms in total. The van der Waals surface area contributed by atoms with Crippen molar-refractivity contribution in [2.75, 3.05) is 13.2 Å². The smallest absolute Gasteiger partial charge is 0.175 e. The fourth-order valence-electron chi connectivity index (χ4n) is 2.29. The van der Waals surface area contributed by atoms with Crippen molar-refractivity contribution in [2.45, 2.75) is 18.8 Å². The number of hydrogen-bond acceptors (Lipinski definition) is 5. The minimum Gasteiger partial charge on any atom is -0.395 e. The average Bonchev–Trinajstić information content (AvgIpc) is 2.82. The van der Waals surface area contributed by atoms with Crippen LogP contribution in [0.5, 0.6) is 0 Å². The number of rotatable bonds is 5. The molecule has 0 aliphatic rings. The van der Waals surface area contributed by atoms with E-state index in [1.807, 2.05) is 31.2 Å². The van der Waals surface area contributed by atoms with Crippen molar-refractivity contribution in [1.29, 1.82) is 0 Å². The lowest BCUT2D eigenvalue weighted by Crippen LogP contribution is -2.38. The molecule has 2 N–H and O–H groups in total. The van der Waals surface area contributed by atoms with E-state index in [4.69, 9.17) is 0 Å². The number of tetrazole rings is 1. The SMILES string of the molecule is Cc1ccccc1C(CO)(CO)Cc1nnn(C)n1. The molecule has 0 aliphatic heterocycles. The highest BCUT2D eigenvalue weighted by atomic mass is 16.3. The van der Waals surface area contributed by atoms with Gasteiger partial charge in [-0.3, -0.25) is 0 Å². The lowest BCUT2D eigenvalue weighted by Gasteiger charge is -2.30. The first-order valence-electron chi connectivity index (χ1n) is 6.12. The van der Waals surface area contributed by atoms with Crippen LogP contribution in [-0.2, 0) is 18.9 Å². The molecule has 0 amide bonds. The van der Waals surface area contributed by atoms with Gasteiger partial charge in [0.1, 0.15) is 0 Å². The van der Waals surface area contributed by atoms with Gasteiger partial charge < -0.3 is 10.2 Å². The fraction of sp³-hybridized carbons (Fsp3) is 0.462. The molecule has 0 fully saturated rings. The van der Waals surface area contributed by atoms with Crippen LogP contribution in [0.3, 0.4) is 0 Å². The monoisotopic (exact) mass is 262 g/mol. The topological polar surface area (TPSA) is 84.1 Å². The first-order chi connectivity index (χ1) is 9.11. The van der Waals surface area contributed by atoms with Crippen molar-refractivity contribution < 1.29 is 10.2 Å². The van der Waals surface area contributed by atoms with E-state index in [1.54, 1.807) is 7.05 Å². The number of aryl methyl sites for hydroxylation is 2. The number of benzene rings is 1. The summed E-state index contributed by atoms with van der Waals surface area (Å²) in [6.07, 6.45) is 0.346. The Morgan fingerprint density at radius 1 is 1.21 bits per heavy atom. The summed E-state index contributed by atoms with van der Waals surface area (Å²) in [5, 5.41) is 31.4. The van der Waals surface area contributed by atoms with Gasteiger partial charge in [-0.05, 0) is 23.3 Å². The molecule has 0 saturated heterocycles. The molecule has 6 heteroatoms. The number of hydrogen-bond donors (Lipinski definition) is 2. The molecule has 2 rings (SSSR count). The van der Waals surface area contributed by atoms with E-state index < -0.39 is 5.41 Å². The summed E-state index contributed by atoms with van der Waals surface area (Å²) in [5.74, 6) is 0.508. The van der Waals surface area contributed by atoms with E-state index in [1.165, 1.54) is 4.80 Å². The van der Waals surface area contributed by atoms with Crippen molar-refractivity contribution in [3.63, 3.8) is 0 Å². The molecule has 102 valence electrons. The molecule has 1 heterocycles. The zero-order valence-corrected chi connectivity index (χ0v) is 11.1. The van der Waals surface area contributed by atoms with E-state index in [-0.39, 0.29) is 13.2 Å². The first-order valence-corrected chi connectivity index (χ1v) is 6.12. The summed E-state index contributed by atoms with van der Waals surface area (Å²) >= 11 is 0. The number of nitrogens with zero attached hydrogens (tertiary/aromatic N) is 4. The highest BCUT2D eigenvalue weighted by Crippen LogP contribution is 2.29. The predicted octanol–water partition coefficient (Wildman–Crippen LogP) is -0.0164. The standard InChI is InChI=1S/C13H18N4O2/c1-10-5-3-4-6-11(10)13(8-18,9-19)7-12-14-16-17(2)15-12/h3-6,18-19H,7-9H2,1-2H3. The Labute approximate surface area is 111 Å². The summed E-state index contributed by atoms with van der Waals surface area (Å²) in [7, 11) is 1.68. The first kappa shape index (κ1) is 13.6. The highest BCUT2D eigenvalue weighted by Gasteiger charge is 2.34. The predicted molar refractivity (Wildman–Crippen MR) is 69.5 cm³/mol. The normalized spacial score (nSPS) is 11.8. The Morgan fingerprint density at radius 3 is 2.42 bits per heavy atom. The van der Waals surface area contributed by atoms with Crippen LogP contribution in [0, 0.1) is 6.92 Å². The summed E-state index contributed by atoms with van der Waals surface area (Å²) in [6.45, 7) is 1.61. The fourth-order valence-corrected chi connectivity index (χ4v) is 2.29. The van der Waals surface area contributed by atoms with Crippen molar-refractivity contribution >= 4 is 0 Å². The molecule has 0 bridgehead atoms. The maximum absolute atomic E-state index is 9.78. The zero-order chi connectivity index (χ0) is 13.9. The molecule has 0 spiro atoms. The van der Waals surface area contributed by atoms with Crippen LogP contribution in [0.15, 0.2) is 24.3 Å². The number of aliphatic hydroxyl groups excluding tert-OH is 2. The molecule has 0 radical (unpaired) electrons. The van der Waals surface area contributed by atoms with Crippen molar-refractivity contribution in [3.8, 4) is 0 Å². The quantitative estimate of drug-likeness (QED) is 0.791. The third kappa shape index (κ3) is 2.64. The Morgan fingerprint density at radius 2 is 1.89 bits per heavy atom. The lowest BCUT2D eigenvalue weighted by molar-refractivity contribution is 0.114. The van der Waals surface area contributed by atoms with Gasteiger partial charge in [0.25, 0.3) is 0 Å².